The van der Waals surface area contributed by atoms with E-state index in [1.807, 2.05) is 18.2 Å². The fraction of sp³-hybridized carbons (Fsp3) is 0.625. The van der Waals surface area contributed by atoms with E-state index < -0.39 is 0 Å². The van der Waals surface area contributed by atoms with Gasteiger partial charge in [0.1, 0.15) is 0 Å². The molecule has 0 aromatic carbocycles. The van der Waals surface area contributed by atoms with E-state index >= 15 is 0 Å². The molecule has 20 heavy (non-hydrogen) atoms. The quantitative estimate of drug-likeness (QED) is 0.894. The fourth-order valence-electron chi connectivity index (χ4n) is 2.76. The first kappa shape index (κ1) is 15.0. The van der Waals surface area contributed by atoms with Crippen LogP contribution in [0.1, 0.15) is 38.3 Å². The molecule has 2 heterocycles. The minimum Gasteiger partial charge on any atom is -0.352 e. The highest BCUT2D eigenvalue weighted by Crippen LogP contribution is 2.15. The average molecular weight is 275 g/mol. The van der Waals surface area contributed by atoms with Gasteiger partial charge in [-0.05, 0) is 58.3 Å². The number of carbonyl (C=O) groups excluding carboxylic acids is 1. The number of aromatic nitrogens is 1. The summed E-state index contributed by atoms with van der Waals surface area (Å²) < 4.78 is 0. The van der Waals surface area contributed by atoms with Crippen LogP contribution in [0.4, 0.5) is 0 Å². The van der Waals surface area contributed by atoms with E-state index in [4.69, 9.17) is 0 Å². The smallest absolute Gasteiger partial charge is 0.220 e. The zero-order valence-electron chi connectivity index (χ0n) is 12.5. The minimum absolute atomic E-state index is 0.174. The standard InChI is InChI=1S/C16H25N3O/c1-13-15(9-6-12-19(13)2)18-16(20)10-5-8-14-7-3-4-11-17-14/h3-4,7,11,13,15H,5-6,8-10,12H2,1-2H3,(H,18,20)/t13-,15-/m0/s1. The average Bonchev–Trinajstić information content (AvgIpc) is 2.45. The van der Waals surface area contributed by atoms with Gasteiger partial charge in [0, 0.05) is 30.4 Å². The number of likely N-dealkylation sites (tertiary alicyclic amines) is 1. The van der Waals surface area contributed by atoms with E-state index in [1.54, 1.807) is 6.20 Å². The maximum absolute atomic E-state index is 12.0. The number of amides is 1. The van der Waals surface area contributed by atoms with Crippen LogP contribution in [-0.4, -0.2) is 41.5 Å². The van der Waals surface area contributed by atoms with Crippen LogP contribution < -0.4 is 5.32 Å². The van der Waals surface area contributed by atoms with Crippen molar-refractivity contribution in [3.8, 4) is 0 Å². The van der Waals surface area contributed by atoms with Crippen LogP contribution in [0.5, 0.6) is 0 Å². The van der Waals surface area contributed by atoms with Gasteiger partial charge in [-0.3, -0.25) is 9.78 Å². The Kier molecular flexibility index (Phi) is 5.53. The molecule has 2 rings (SSSR count). The van der Waals surface area contributed by atoms with Gasteiger partial charge in [-0.15, -0.1) is 0 Å². The molecule has 2 atom stereocenters. The summed E-state index contributed by atoms with van der Waals surface area (Å²) >= 11 is 0. The SMILES string of the molecule is C[C@H]1[C@@H](NC(=O)CCCc2ccccn2)CCCN1C. The van der Waals surface area contributed by atoms with Gasteiger partial charge in [-0.1, -0.05) is 6.07 Å². The lowest BCUT2D eigenvalue weighted by Crippen LogP contribution is -2.52. The zero-order valence-corrected chi connectivity index (χ0v) is 12.5. The Morgan fingerprint density at radius 2 is 2.35 bits per heavy atom. The number of hydrogen-bond acceptors (Lipinski definition) is 3. The molecule has 4 nitrogen and oxygen atoms in total. The molecule has 1 aliphatic heterocycles. The number of pyridine rings is 1. The Balaban J connectivity index is 1.70. The summed E-state index contributed by atoms with van der Waals surface area (Å²) in [6, 6.07) is 6.65. The van der Waals surface area contributed by atoms with Gasteiger partial charge in [0.2, 0.25) is 5.91 Å². The highest BCUT2D eigenvalue weighted by Gasteiger charge is 2.26. The molecule has 0 radical (unpaired) electrons. The van der Waals surface area contributed by atoms with E-state index in [0.717, 1.165) is 31.5 Å². The molecule has 1 aromatic rings. The Morgan fingerprint density at radius 1 is 1.50 bits per heavy atom. The van der Waals surface area contributed by atoms with Crippen molar-refractivity contribution in [2.45, 2.75) is 51.1 Å². The molecule has 1 saturated heterocycles. The lowest BCUT2D eigenvalue weighted by molar-refractivity contribution is -0.122. The first-order chi connectivity index (χ1) is 9.66. The first-order valence-electron chi connectivity index (χ1n) is 7.56. The van der Waals surface area contributed by atoms with Gasteiger partial charge in [0.25, 0.3) is 0 Å². The van der Waals surface area contributed by atoms with Crippen LogP contribution in [-0.2, 0) is 11.2 Å². The molecule has 4 heteroatoms. The predicted molar refractivity (Wildman–Crippen MR) is 80.4 cm³/mol. The molecule has 0 bridgehead atoms. The Labute approximate surface area is 121 Å². The lowest BCUT2D eigenvalue weighted by atomic mass is 9.98. The fourth-order valence-corrected chi connectivity index (χ4v) is 2.76. The summed E-state index contributed by atoms with van der Waals surface area (Å²) in [6.45, 7) is 3.32. The molecule has 1 fully saturated rings. The third-order valence-electron chi connectivity index (χ3n) is 4.21. The lowest BCUT2D eigenvalue weighted by Gasteiger charge is -2.37. The van der Waals surface area contributed by atoms with Crippen molar-refractivity contribution in [1.29, 1.82) is 0 Å². The monoisotopic (exact) mass is 275 g/mol. The number of piperidine rings is 1. The number of nitrogens with zero attached hydrogens (tertiary/aromatic N) is 2. The second-order valence-corrected chi connectivity index (χ2v) is 5.71. The van der Waals surface area contributed by atoms with Crippen LogP contribution in [0, 0.1) is 0 Å². The van der Waals surface area contributed by atoms with Crippen LogP contribution >= 0.6 is 0 Å². The van der Waals surface area contributed by atoms with Crippen molar-refractivity contribution < 1.29 is 4.79 Å². The molecule has 0 saturated carbocycles. The van der Waals surface area contributed by atoms with Gasteiger partial charge >= 0.3 is 0 Å². The number of rotatable bonds is 5. The molecule has 1 aliphatic rings. The normalized spacial score (nSPS) is 23.5. The molecule has 0 aliphatic carbocycles. The second-order valence-electron chi connectivity index (χ2n) is 5.71. The van der Waals surface area contributed by atoms with Crippen LogP contribution in [0.25, 0.3) is 0 Å². The Hall–Kier alpha value is -1.42. The summed E-state index contributed by atoms with van der Waals surface area (Å²) in [5, 5.41) is 3.18. The summed E-state index contributed by atoms with van der Waals surface area (Å²) in [6.07, 6.45) is 6.38. The first-order valence-corrected chi connectivity index (χ1v) is 7.56. The van der Waals surface area contributed by atoms with E-state index in [-0.39, 0.29) is 5.91 Å². The molecule has 0 unspecified atom stereocenters. The molecule has 110 valence electrons. The minimum atomic E-state index is 0.174. The maximum Gasteiger partial charge on any atom is 0.220 e. The van der Waals surface area contributed by atoms with Gasteiger partial charge < -0.3 is 10.2 Å². The van der Waals surface area contributed by atoms with Crippen molar-refractivity contribution in [2.75, 3.05) is 13.6 Å². The largest absolute Gasteiger partial charge is 0.352 e. The number of carbonyl (C=O) groups is 1. The molecule has 0 spiro atoms. The third kappa shape index (κ3) is 4.30. The third-order valence-corrected chi connectivity index (χ3v) is 4.21. The van der Waals surface area contributed by atoms with Gasteiger partial charge in [0.05, 0.1) is 0 Å². The number of likely N-dealkylation sites (N-methyl/N-ethyl adjacent to an activating group) is 1. The predicted octanol–water partition coefficient (Wildman–Crippen LogP) is 2.00. The number of aryl methyl sites for hydroxylation is 1. The summed E-state index contributed by atoms with van der Waals surface area (Å²) in [5.41, 5.74) is 1.06. The summed E-state index contributed by atoms with van der Waals surface area (Å²) in [5.74, 6) is 0.174. The van der Waals surface area contributed by atoms with Crippen molar-refractivity contribution in [2.24, 2.45) is 0 Å². The van der Waals surface area contributed by atoms with Crippen molar-refractivity contribution in [3.05, 3.63) is 30.1 Å². The second kappa shape index (κ2) is 7.39. The van der Waals surface area contributed by atoms with Gasteiger partial charge in [0.15, 0.2) is 0 Å². The van der Waals surface area contributed by atoms with Crippen LogP contribution in [0.2, 0.25) is 0 Å². The molecule has 1 amide bonds. The van der Waals surface area contributed by atoms with Crippen molar-refractivity contribution >= 4 is 5.91 Å². The van der Waals surface area contributed by atoms with Crippen LogP contribution in [0.3, 0.4) is 0 Å². The Morgan fingerprint density at radius 3 is 3.10 bits per heavy atom. The van der Waals surface area contributed by atoms with Gasteiger partial charge in [-0.2, -0.15) is 0 Å². The highest BCUT2D eigenvalue weighted by molar-refractivity contribution is 5.76. The molecular formula is C16H25N3O. The van der Waals surface area contributed by atoms with E-state index in [0.29, 0.717) is 18.5 Å². The Bertz CT molecular complexity index is 421. The van der Waals surface area contributed by atoms with E-state index in [2.05, 4.69) is 29.2 Å². The van der Waals surface area contributed by atoms with Crippen LogP contribution in [0.15, 0.2) is 24.4 Å². The molecular weight excluding hydrogens is 250 g/mol. The topological polar surface area (TPSA) is 45.2 Å². The zero-order chi connectivity index (χ0) is 14.4. The van der Waals surface area contributed by atoms with Crippen molar-refractivity contribution in [3.63, 3.8) is 0 Å². The maximum atomic E-state index is 12.0. The highest BCUT2D eigenvalue weighted by atomic mass is 16.1. The number of hydrogen-bond donors (Lipinski definition) is 1. The van der Waals surface area contributed by atoms with Gasteiger partial charge in [-0.25, -0.2) is 0 Å². The summed E-state index contributed by atoms with van der Waals surface area (Å²) in [4.78, 5) is 18.6. The van der Waals surface area contributed by atoms with E-state index in [9.17, 15) is 4.79 Å². The number of nitrogens with one attached hydrogen (secondary N) is 1. The van der Waals surface area contributed by atoms with Crippen molar-refractivity contribution in [1.82, 2.24) is 15.2 Å². The molecule has 1 N–H and O–H groups in total. The van der Waals surface area contributed by atoms with E-state index in [1.165, 1.54) is 6.42 Å². The molecule has 1 aromatic heterocycles. The summed E-state index contributed by atoms with van der Waals surface area (Å²) in [7, 11) is 2.13.